The van der Waals surface area contributed by atoms with Gasteiger partial charge in [-0.2, -0.15) is 8.78 Å². The number of esters is 1. The lowest BCUT2D eigenvalue weighted by atomic mass is 10.1. The highest BCUT2D eigenvalue weighted by Crippen LogP contribution is 2.60. The fourth-order valence-corrected chi connectivity index (χ4v) is 3.52. The summed E-state index contributed by atoms with van der Waals surface area (Å²) in [6.45, 7) is 6.84. The van der Waals surface area contributed by atoms with Crippen molar-refractivity contribution in [3.05, 3.63) is 57.0 Å². The van der Waals surface area contributed by atoms with Crippen LogP contribution in [0, 0.1) is 28.9 Å². The van der Waals surface area contributed by atoms with Crippen molar-refractivity contribution in [3.8, 4) is 0 Å². The average Bonchev–Trinajstić information content (AvgIpc) is 3.03. The first kappa shape index (κ1) is 21.2. The van der Waals surface area contributed by atoms with Gasteiger partial charge in [0.15, 0.2) is 11.6 Å². The normalized spacial score (nSPS) is 21.1. The number of carbonyl (C=O) groups excluding carboxylic acids is 1. The van der Waals surface area contributed by atoms with Crippen LogP contribution >= 0.6 is 31.9 Å². The third-order valence-electron chi connectivity index (χ3n) is 4.54. The van der Waals surface area contributed by atoms with Crippen molar-refractivity contribution in [2.75, 3.05) is 0 Å². The van der Waals surface area contributed by atoms with E-state index >= 15 is 0 Å². The number of hydrogen-bond acceptors (Lipinski definition) is 2. The third-order valence-corrected chi connectivity index (χ3v) is 5.07. The molecule has 8 heteroatoms. The molecule has 0 saturated heterocycles. The van der Waals surface area contributed by atoms with Gasteiger partial charge < -0.3 is 4.74 Å². The first-order valence-electron chi connectivity index (χ1n) is 7.65. The summed E-state index contributed by atoms with van der Waals surface area (Å²) in [7, 11) is 0. The summed E-state index contributed by atoms with van der Waals surface area (Å²) in [5.74, 6) is -5.45. The monoisotopic (exact) mass is 498 g/mol. The molecule has 0 aliphatic heterocycles. The Kier molecular flexibility index (Phi) is 6.07. The second-order valence-electron chi connectivity index (χ2n) is 6.61. The zero-order valence-corrected chi connectivity index (χ0v) is 17.1. The van der Waals surface area contributed by atoms with Crippen LogP contribution in [0.3, 0.4) is 0 Å². The minimum Gasteiger partial charge on any atom is -0.397 e. The molecule has 142 valence electrons. The van der Waals surface area contributed by atoms with Gasteiger partial charge in [-0.25, -0.2) is 8.78 Å². The highest BCUT2D eigenvalue weighted by atomic mass is 79.9. The molecule has 0 radical (unpaired) electrons. The standard InChI is InChI=1S/C18H16Br2F4O2/c1-4-5-9-6-7-10(15(22)14(9)21)18(23,24)26-16(25)13-11(8-12(19)20)17(13,2)3/h4,6-8,11,13H,1,5H2,2-3H3. The SMILES string of the molecule is C=CCc1ccc(C(F)(F)OC(=O)C2C(C=C(Br)Br)C2(C)C)c(F)c1F. The van der Waals surface area contributed by atoms with Gasteiger partial charge in [0.1, 0.15) is 5.56 Å². The molecular weight excluding hydrogens is 484 g/mol. The number of rotatable bonds is 6. The van der Waals surface area contributed by atoms with Crippen LogP contribution in [0.4, 0.5) is 17.6 Å². The van der Waals surface area contributed by atoms with Crippen LogP contribution in [0.1, 0.15) is 25.0 Å². The Morgan fingerprint density at radius 2 is 1.92 bits per heavy atom. The number of halogens is 6. The minimum atomic E-state index is -4.28. The fraction of sp³-hybridized carbons (Fsp3) is 0.389. The van der Waals surface area contributed by atoms with Gasteiger partial charge in [0, 0.05) is 0 Å². The van der Waals surface area contributed by atoms with Crippen molar-refractivity contribution in [2.24, 2.45) is 17.3 Å². The van der Waals surface area contributed by atoms with Crippen molar-refractivity contribution in [1.29, 1.82) is 0 Å². The Balaban J connectivity index is 2.24. The van der Waals surface area contributed by atoms with Crippen LogP contribution in [0.15, 0.2) is 34.3 Å². The number of allylic oxidation sites excluding steroid dienone is 2. The lowest BCUT2D eigenvalue weighted by Crippen LogP contribution is -2.26. The summed E-state index contributed by atoms with van der Waals surface area (Å²) >= 11 is 6.32. The second kappa shape index (κ2) is 7.46. The number of benzene rings is 1. The molecule has 26 heavy (non-hydrogen) atoms. The molecule has 2 unspecified atom stereocenters. The Labute approximate surface area is 165 Å². The smallest absolute Gasteiger partial charge is 0.397 e. The molecule has 0 bridgehead atoms. The molecule has 2 atom stereocenters. The molecule has 0 amide bonds. The van der Waals surface area contributed by atoms with Crippen LogP contribution in [-0.2, 0) is 22.1 Å². The van der Waals surface area contributed by atoms with Crippen molar-refractivity contribution < 1.29 is 27.1 Å². The molecule has 1 aliphatic carbocycles. The molecule has 1 fully saturated rings. The predicted octanol–water partition coefficient (Wildman–Crippen LogP) is 6.19. The van der Waals surface area contributed by atoms with Crippen molar-refractivity contribution in [2.45, 2.75) is 26.4 Å². The molecule has 0 aromatic heterocycles. The van der Waals surface area contributed by atoms with E-state index in [2.05, 4.69) is 43.2 Å². The van der Waals surface area contributed by atoms with E-state index in [1.165, 1.54) is 6.08 Å². The third kappa shape index (κ3) is 4.06. The van der Waals surface area contributed by atoms with Crippen molar-refractivity contribution in [1.82, 2.24) is 0 Å². The summed E-state index contributed by atoms with van der Waals surface area (Å²) in [5, 5.41) is 0. The quantitative estimate of drug-likeness (QED) is 0.265. The maximum Gasteiger partial charge on any atom is 0.431 e. The first-order chi connectivity index (χ1) is 11.9. The van der Waals surface area contributed by atoms with E-state index in [9.17, 15) is 22.4 Å². The van der Waals surface area contributed by atoms with Gasteiger partial charge in [0.2, 0.25) is 0 Å². The van der Waals surface area contributed by atoms with Crippen LogP contribution in [0.5, 0.6) is 0 Å². The molecule has 0 N–H and O–H groups in total. The average molecular weight is 500 g/mol. The van der Waals surface area contributed by atoms with Gasteiger partial charge in [0.05, 0.1) is 9.31 Å². The maximum absolute atomic E-state index is 14.3. The van der Waals surface area contributed by atoms with Gasteiger partial charge in [0.25, 0.3) is 0 Å². The van der Waals surface area contributed by atoms with E-state index in [0.29, 0.717) is 3.39 Å². The van der Waals surface area contributed by atoms with E-state index in [0.717, 1.165) is 12.1 Å². The zero-order valence-electron chi connectivity index (χ0n) is 14.0. The Morgan fingerprint density at radius 1 is 1.31 bits per heavy atom. The lowest BCUT2D eigenvalue weighted by Gasteiger charge is -2.19. The van der Waals surface area contributed by atoms with Crippen molar-refractivity contribution in [3.63, 3.8) is 0 Å². The summed E-state index contributed by atoms with van der Waals surface area (Å²) in [5.41, 5.74) is -2.01. The number of carbonyl (C=O) groups is 1. The molecule has 1 aromatic carbocycles. The largest absolute Gasteiger partial charge is 0.431 e. The molecule has 1 aliphatic rings. The Hall–Kier alpha value is -1.15. The zero-order chi connectivity index (χ0) is 19.9. The minimum absolute atomic E-state index is 0.0138. The van der Waals surface area contributed by atoms with Gasteiger partial charge in [-0.05, 0) is 61.2 Å². The Bertz CT molecular complexity index is 771. The van der Waals surface area contributed by atoms with Crippen LogP contribution < -0.4 is 0 Å². The van der Waals surface area contributed by atoms with E-state index in [4.69, 9.17) is 0 Å². The van der Waals surface area contributed by atoms with Gasteiger partial charge in [-0.3, -0.25) is 4.79 Å². The van der Waals surface area contributed by atoms with Gasteiger partial charge >= 0.3 is 12.1 Å². The number of alkyl halides is 2. The highest BCUT2D eigenvalue weighted by Gasteiger charge is 2.63. The Morgan fingerprint density at radius 3 is 2.46 bits per heavy atom. The van der Waals surface area contributed by atoms with E-state index < -0.39 is 40.6 Å². The lowest BCUT2D eigenvalue weighted by molar-refractivity contribution is -0.243. The van der Waals surface area contributed by atoms with Crippen molar-refractivity contribution >= 4 is 37.8 Å². The molecule has 2 rings (SSSR count). The fourth-order valence-electron chi connectivity index (χ4n) is 2.95. The first-order valence-corrected chi connectivity index (χ1v) is 9.23. The summed E-state index contributed by atoms with van der Waals surface area (Å²) < 4.78 is 61.4. The molecule has 0 spiro atoms. The van der Waals surface area contributed by atoms with Crippen LogP contribution in [-0.4, -0.2) is 5.97 Å². The summed E-state index contributed by atoms with van der Waals surface area (Å²) in [6.07, 6.45) is -1.32. The van der Waals surface area contributed by atoms with Gasteiger partial charge in [-0.1, -0.05) is 32.1 Å². The number of hydrogen-bond donors (Lipinski definition) is 0. The van der Waals surface area contributed by atoms with E-state index in [1.807, 2.05) is 0 Å². The molecule has 2 nitrogen and oxygen atoms in total. The van der Waals surface area contributed by atoms with Crippen LogP contribution in [0.25, 0.3) is 0 Å². The molecule has 1 saturated carbocycles. The van der Waals surface area contributed by atoms with E-state index in [-0.39, 0.29) is 17.9 Å². The molecule has 0 heterocycles. The van der Waals surface area contributed by atoms with Crippen LogP contribution in [0.2, 0.25) is 0 Å². The predicted molar refractivity (Wildman–Crippen MR) is 96.9 cm³/mol. The molecule has 1 aromatic rings. The maximum atomic E-state index is 14.3. The highest BCUT2D eigenvalue weighted by molar-refractivity contribution is 9.28. The number of ether oxygens (including phenoxy) is 1. The topological polar surface area (TPSA) is 26.3 Å². The molecular formula is C18H16Br2F4O2. The summed E-state index contributed by atoms with van der Waals surface area (Å²) in [4.78, 5) is 12.2. The summed E-state index contributed by atoms with van der Waals surface area (Å²) in [6, 6.07) is 1.74. The second-order valence-corrected chi connectivity index (χ2v) is 9.38. The van der Waals surface area contributed by atoms with E-state index in [1.54, 1.807) is 19.9 Å². The van der Waals surface area contributed by atoms with Gasteiger partial charge in [-0.15, -0.1) is 6.58 Å².